The minimum atomic E-state index is -0.346. The molecular weight excluding hydrogens is 398 g/mol. The highest BCUT2D eigenvalue weighted by Gasteiger charge is 2.35. The van der Waals surface area contributed by atoms with Crippen LogP contribution < -0.4 is 9.47 Å². The normalized spacial score (nSPS) is 15.0. The highest BCUT2D eigenvalue weighted by Crippen LogP contribution is 2.39. The maximum absolute atomic E-state index is 12.7. The molecule has 0 aromatic heterocycles. The average molecular weight is 414 g/mol. The maximum Gasteiger partial charge on any atom is 0.293 e. The van der Waals surface area contributed by atoms with Gasteiger partial charge < -0.3 is 9.47 Å². The Labute approximate surface area is 172 Å². The van der Waals surface area contributed by atoms with Gasteiger partial charge in [0.05, 0.1) is 23.6 Å². The van der Waals surface area contributed by atoms with Crippen molar-refractivity contribution in [1.29, 1.82) is 0 Å². The number of hydrogen-bond donors (Lipinski definition) is 0. The van der Waals surface area contributed by atoms with Crippen molar-refractivity contribution in [3.63, 3.8) is 0 Å². The van der Waals surface area contributed by atoms with E-state index in [2.05, 4.69) is 5.92 Å². The summed E-state index contributed by atoms with van der Waals surface area (Å²) in [5.41, 5.74) is 1.49. The van der Waals surface area contributed by atoms with E-state index in [0.29, 0.717) is 27.0 Å². The number of ether oxygens (including phenoxy) is 2. The highest BCUT2D eigenvalue weighted by atomic mass is 35.5. The van der Waals surface area contributed by atoms with Gasteiger partial charge in [-0.25, -0.2) is 0 Å². The number of halogens is 1. The fourth-order valence-electron chi connectivity index (χ4n) is 2.63. The molecule has 1 aliphatic rings. The molecule has 0 bridgehead atoms. The zero-order valence-corrected chi connectivity index (χ0v) is 16.5. The van der Waals surface area contributed by atoms with Gasteiger partial charge in [0.2, 0.25) is 0 Å². The van der Waals surface area contributed by atoms with Crippen LogP contribution in [0, 0.1) is 12.3 Å². The highest BCUT2D eigenvalue weighted by molar-refractivity contribution is 8.18. The van der Waals surface area contributed by atoms with Crippen LogP contribution in [-0.2, 0) is 11.3 Å². The largest absolute Gasteiger partial charge is 0.493 e. The van der Waals surface area contributed by atoms with E-state index in [9.17, 15) is 9.59 Å². The molecule has 142 valence electrons. The molecule has 2 aromatic carbocycles. The zero-order valence-electron chi connectivity index (χ0n) is 15.0. The Hall–Kier alpha value is -2.88. The molecule has 0 unspecified atom stereocenters. The molecule has 2 amide bonds. The van der Waals surface area contributed by atoms with Crippen LogP contribution in [0.15, 0.2) is 47.4 Å². The topological polar surface area (TPSA) is 55.8 Å². The molecular formula is C21H16ClNO4S. The molecule has 5 nitrogen and oxygen atoms in total. The van der Waals surface area contributed by atoms with E-state index >= 15 is 0 Å². The predicted octanol–water partition coefficient (Wildman–Crippen LogP) is 4.60. The first kappa shape index (κ1) is 19.9. The summed E-state index contributed by atoms with van der Waals surface area (Å²) in [6.45, 7) is 0.277. The molecule has 2 aromatic rings. The monoisotopic (exact) mass is 413 g/mol. The van der Waals surface area contributed by atoms with Gasteiger partial charge in [-0.3, -0.25) is 14.5 Å². The van der Waals surface area contributed by atoms with Gasteiger partial charge in [0.1, 0.15) is 6.61 Å². The fourth-order valence-corrected chi connectivity index (χ4v) is 3.74. The Balaban J connectivity index is 1.85. The number of carbonyl (C=O) groups is 2. The molecule has 0 saturated carbocycles. The SMILES string of the molecule is C#CCOc1c(Cl)cc(/C=C2\SC(=O)N(Cc3ccccc3)C2=O)cc1OC. The van der Waals surface area contributed by atoms with Crippen LogP contribution in [-0.4, -0.2) is 29.8 Å². The molecule has 1 heterocycles. The molecule has 1 fully saturated rings. The van der Waals surface area contributed by atoms with Gasteiger partial charge in [-0.2, -0.15) is 0 Å². The second-order valence-corrected chi connectivity index (χ2v) is 7.18. The number of terminal acetylenes is 1. The van der Waals surface area contributed by atoms with E-state index in [1.54, 1.807) is 18.2 Å². The standard InChI is InChI=1S/C21H16ClNO4S/c1-3-9-27-19-16(22)10-15(11-17(19)26-2)12-18-20(24)23(21(25)28-18)13-14-7-5-4-6-8-14/h1,4-8,10-12H,9,13H2,2H3/b18-12-. The van der Waals surface area contributed by atoms with Crippen LogP contribution in [0.25, 0.3) is 6.08 Å². The summed E-state index contributed by atoms with van der Waals surface area (Å²) in [4.78, 5) is 26.5. The van der Waals surface area contributed by atoms with Gasteiger partial charge in [0.15, 0.2) is 11.5 Å². The summed E-state index contributed by atoms with van der Waals surface area (Å²) in [6, 6.07) is 12.6. The summed E-state index contributed by atoms with van der Waals surface area (Å²) >= 11 is 7.15. The molecule has 0 N–H and O–H groups in total. The first-order valence-corrected chi connectivity index (χ1v) is 9.46. The average Bonchev–Trinajstić information content (AvgIpc) is 2.95. The first-order chi connectivity index (χ1) is 13.5. The molecule has 28 heavy (non-hydrogen) atoms. The van der Waals surface area contributed by atoms with Crippen molar-refractivity contribution in [2.45, 2.75) is 6.54 Å². The van der Waals surface area contributed by atoms with Crippen molar-refractivity contribution in [2.75, 3.05) is 13.7 Å². The van der Waals surface area contributed by atoms with E-state index in [0.717, 1.165) is 17.3 Å². The summed E-state index contributed by atoms with van der Waals surface area (Å²) < 4.78 is 10.7. The van der Waals surface area contributed by atoms with Crippen molar-refractivity contribution in [3.05, 3.63) is 63.5 Å². The first-order valence-electron chi connectivity index (χ1n) is 8.26. The summed E-state index contributed by atoms with van der Waals surface area (Å²) in [5.74, 6) is 2.74. The van der Waals surface area contributed by atoms with E-state index in [-0.39, 0.29) is 24.3 Å². The number of benzene rings is 2. The third kappa shape index (κ3) is 4.33. The number of amides is 2. The number of imide groups is 1. The number of nitrogens with zero attached hydrogens (tertiary/aromatic N) is 1. The van der Waals surface area contributed by atoms with E-state index < -0.39 is 0 Å². The molecule has 1 aliphatic heterocycles. The van der Waals surface area contributed by atoms with Crippen LogP contribution >= 0.6 is 23.4 Å². The van der Waals surface area contributed by atoms with E-state index in [1.807, 2.05) is 30.3 Å². The summed E-state index contributed by atoms with van der Waals surface area (Å²) in [6.07, 6.45) is 6.81. The van der Waals surface area contributed by atoms with Crippen LogP contribution in [0.5, 0.6) is 11.5 Å². The lowest BCUT2D eigenvalue weighted by molar-refractivity contribution is -0.123. The number of hydrogen-bond acceptors (Lipinski definition) is 5. The van der Waals surface area contributed by atoms with Crippen molar-refractivity contribution >= 4 is 40.6 Å². The number of carbonyl (C=O) groups excluding carboxylic acids is 2. The van der Waals surface area contributed by atoms with Gasteiger partial charge in [0.25, 0.3) is 11.1 Å². The van der Waals surface area contributed by atoms with Crippen molar-refractivity contribution in [3.8, 4) is 23.8 Å². The lowest BCUT2D eigenvalue weighted by atomic mass is 10.1. The Morgan fingerprint density at radius 2 is 2.00 bits per heavy atom. The van der Waals surface area contributed by atoms with Crippen LogP contribution in [0.4, 0.5) is 4.79 Å². The number of methoxy groups -OCH3 is 1. The summed E-state index contributed by atoms with van der Waals surface area (Å²) in [5, 5.41) is -0.0171. The molecule has 3 rings (SSSR count). The third-order valence-corrected chi connectivity index (χ3v) is 5.09. The Bertz CT molecular complexity index is 982. The Morgan fingerprint density at radius 3 is 2.68 bits per heavy atom. The maximum atomic E-state index is 12.7. The van der Waals surface area contributed by atoms with Crippen LogP contribution in [0.1, 0.15) is 11.1 Å². The quantitative estimate of drug-likeness (QED) is 0.511. The molecule has 0 aliphatic carbocycles. The van der Waals surface area contributed by atoms with Crippen LogP contribution in [0.3, 0.4) is 0 Å². The minimum absolute atomic E-state index is 0.0494. The van der Waals surface area contributed by atoms with Gasteiger partial charge in [-0.15, -0.1) is 6.42 Å². The Kier molecular flexibility index (Phi) is 6.30. The van der Waals surface area contributed by atoms with E-state index in [1.165, 1.54) is 12.0 Å². The lowest BCUT2D eigenvalue weighted by Gasteiger charge is -2.12. The van der Waals surface area contributed by atoms with Gasteiger partial charge in [0, 0.05) is 0 Å². The fraction of sp³-hybridized carbons (Fsp3) is 0.143. The Morgan fingerprint density at radius 1 is 1.25 bits per heavy atom. The third-order valence-electron chi connectivity index (χ3n) is 3.91. The second-order valence-electron chi connectivity index (χ2n) is 5.78. The van der Waals surface area contributed by atoms with E-state index in [4.69, 9.17) is 27.5 Å². The molecule has 7 heteroatoms. The number of thioether (sulfide) groups is 1. The van der Waals surface area contributed by atoms with Gasteiger partial charge in [-0.05, 0) is 41.1 Å². The molecule has 0 radical (unpaired) electrons. The molecule has 0 atom stereocenters. The smallest absolute Gasteiger partial charge is 0.293 e. The van der Waals surface area contributed by atoms with Gasteiger partial charge >= 0.3 is 0 Å². The number of rotatable bonds is 6. The van der Waals surface area contributed by atoms with Crippen molar-refractivity contribution in [2.24, 2.45) is 0 Å². The lowest BCUT2D eigenvalue weighted by Crippen LogP contribution is -2.27. The van der Waals surface area contributed by atoms with Gasteiger partial charge in [-0.1, -0.05) is 47.9 Å². The predicted molar refractivity (Wildman–Crippen MR) is 110 cm³/mol. The van der Waals surface area contributed by atoms with Crippen LogP contribution in [0.2, 0.25) is 5.02 Å². The zero-order chi connectivity index (χ0) is 20.1. The molecule has 0 spiro atoms. The summed E-state index contributed by atoms with van der Waals surface area (Å²) in [7, 11) is 1.48. The minimum Gasteiger partial charge on any atom is -0.493 e. The second kappa shape index (κ2) is 8.87. The molecule has 1 saturated heterocycles. The van der Waals surface area contributed by atoms with Crippen molar-refractivity contribution < 1.29 is 19.1 Å². The van der Waals surface area contributed by atoms with Crippen molar-refractivity contribution in [1.82, 2.24) is 4.90 Å².